The smallest absolute Gasteiger partial charge is 0.0598 e. The fourth-order valence-corrected chi connectivity index (χ4v) is 1.71. The molecule has 0 bridgehead atoms. The van der Waals surface area contributed by atoms with Gasteiger partial charge >= 0.3 is 0 Å². The number of pyridine rings is 1. The molecule has 2 N–H and O–H groups in total. The number of aromatic nitrogens is 1. The minimum atomic E-state index is 0.588. The molecule has 0 amide bonds. The van der Waals surface area contributed by atoms with E-state index < -0.39 is 0 Å². The number of hydrogen-bond acceptors (Lipinski definition) is 3. The van der Waals surface area contributed by atoms with Crippen LogP contribution in [0.3, 0.4) is 0 Å². The zero-order valence-corrected chi connectivity index (χ0v) is 10.0. The van der Waals surface area contributed by atoms with Crippen LogP contribution in [-0.2, 0) is 13.1 Å². The van der Waals surface area contributed by atoms with Crippen LogP contribution in [0.15, 0.2) is 48.7 Å². The predicted octanol–water partition coefficient (Wildman–Crippen LogP) is 2.18. The van der Waals surface area contributed by atoms with Gasteiger partial charge < -0.3 is 10.6 Å². The molecule has 0 aliphatic heterocycles. The lowest BCUT2D eigenvalue weighted by Gasteiger charge is -2.19. The largest absolute Gasteiger partial charge is 0.369 e. The number of nitrogens with two attached hydrogens (primary N) is 1. The molecule has 2 rings (SSSR count). The molecule has 0 aliphatic rings. The van der Waals surface area contributed by atoms with Crippen molar-refractivity contribution in [2.75, 3.05) is 11.9 Å². The van der Waals surface area contributed by atoms with Gasteiger partial charge in [0.2, 0.25) is 0 Å². The number of nitrogens with zero attached hydrogens (tertiary/aromatic N) is 2. The highest BCUT2D eigenvalue weighted by Crippen LogP contribution is 2.15. The van der Waals surface area contributed by atoms with E-state index in [0.29, 0.717) is 6.54 Å². The molecule has 17 heavy (non-hydrogen) atoms. The lowest BCUT2D eigenvalue weighted by atomic mass is 10.2. The first-order valence-corrected chi connectivity index (χ1v) is 5.69. The monoisotopic (exact) mass is 227 g/mol. The third kappa shape index (κ3) is 3.04. The number of hydrogen-bond donors (Lipinski definition) is 1. The van der Waals surface area contributed by atoms with Crippen LogP contribution in [0.2, 0.25) is 0 Å². The average molecular weight is 227 g/mol. The summed E-state index contributed by atoms with van der Waals surface area (Å²) in [5.74, 6) is 0. The highest BCUT2D eigenvalue weighted by Gasteiger charge is 2.02. The summed E-state index contributed by atoms with van der Waals surface area (Å²) in [6.45, 7) is 1.40. The minimum Gasteiger partial charge on any atom is -0.369 e. The SMILES string of the molecule is CN(Cc1ccccn1)c1ccc(CN)cc1. The second-order valence-electron chi connectivity index (χ2n) is 4.05. The topological polar surface area (TPSA) is 42.2 Å². The molecule has 88 valence electrons. The van der Waals surface area contributed by atoms with E-state index in [9.17, 15) is 0 Å². The zero-order chi connectivity index (χ0) is 12.1. The Labute approximate surface area is 102 Å². The molecule has 0 saturated heterocycles. The van der Waals surface area contributed by atoms with Gasteiger partial charge in [-0.05, 0) is 29.8 Å². The number of rotatable bonds is 4. The molecule has 1 aromatic heterocycles. The van der Waals surface area contributed by atoms with Crippen LogP contribution in [0, 0.1) is 0 Å². The average Bonchev–Trinajstić information content (AvgIpc) is 2.40. The van der Waals surface area contributed by atoms with Crippen LogP contribution in [-0.4, -0.2) is 12.0 Å². The molecule has 3 heteroatoms. The van der Waals surface area contributed by atoms with Gasteiger partial charge in [-0.2, -0.15) is 0 Å². The van der Waals surface area contributed by atoms with E-state index in [1.165, 1.54) is 5.69 Å². The fourth-order valence-electron chi connectivity index (χ4n) is 1.71. The summed E-state index contributed by atoms with van der Waals surface area (Å²) in [7, 11) is 2.06. The van der Waals surface area contributed by atoms with E-state index in [-0.39, 0.29) is 0 Å². The Balaban J connectivity index is 2.06. The Morgan fingerprint density at radius 2 is 1.88 bits per heavy atom. The third-order valence-electron chi connectivity index (χ3n) is 2.74. The van der Waals surface area contributed by atoms with Gasteiger partial charge in [-0.3, -0.25) is 4.98 Å². The summed E-state index contributed by atoms with van der Waals surface area (Å²) >= 11 is 0. The molecule has 0 saturated carbocycles. The number of benzene rings is 1. The van der Waals surface area contributed by atoms with Crippen LogP contribution in [0.25, 0.3) is 0 Å². The minimum absolute atomic E-state index is 0.588. The van der Waals surface area contributed by atoms with Crippen molar-refractivity contribution in [3.05, 3.63) is 59.9 Å². The lowest BCUT2D eigenvalue weighted by Crippen LogP contribution is -2.17. The van der Waals surface area contributed by atoms with Crippen LogP contribution in [0.1, 0.15) is 11.3 Å². The van der Waals surface area contributed by atoms with Gasteiger partial charge in [0.1, 0.15) is 0 Å². The second-order valence-corrected chi connectivity index (χ2v) is 4.05. The maximum absolute atomic E-state index is 5.58. The molecule has 0 radical (unpaired) electrons. The summed E-state index contributed by atoms with van der Waals surface area (Å²) in [5.41, 5.74) is 8.97. The van der Waals surface area contributed by atoms with Gasteiger partial charge in [0, 0.05) is 25.5 Å². The molecule has 2 aromatic rings. The Kier molecular flexibility index (Phi) is 3.73. The Hall–Kier alpha value is -1.87. The highest BCUT2D eigenvalue weighted by atomic mass is 15.1. The first-order valence-electron chi connectivity index (χ1n) is 5.69. The van der Waals surface area contributed by atoms with Crippen LogP contribution in [0.4, 0.5) is 5.69 Å². The predicted molar refractivity (Wildman–Crippen MR) is 70.7 cm³/mol. The van der Waals surface area contributed by atoms with E-state index in [2.05, 4.69) is 41.2 Å². The maximum atomic E-state index is 5.58. The van der Waals surface area contributed by atoms with E-state index in [1.54, 1.807) is 0 Å². The summed E-state index contributed by atoms with van der Waals surface area (Å²) in [5, 5.41) is 0. The summed E-state index contributed by atoms with van der Waals surface area (Å²) in [6, 6.07) is 14.3. The van der Waals surface area contributed by atoms with Crippen molar-refractivity contribution in [3.63, 3.8) is 0 Å². The second kappa shape index (κ2) is 5.46. The molecule has 0 atom stereocenters. The first-order chi connectivity index (χ1) is 8.29. The summed E-state index contributed by atoms with van der Waals surface area (Å²) in [6.07, 6.45) is 1.82. The first kappa shape index (κ1) is 11.6. The molecule has 3 nitrogen and oxygen atoms in total. The number of anilines is 1. The molecule has 0 spiro atoms. The maximum Gasteiger partial charge on any atom is 0.0598 e. The fraction of sp³-hybridized carbons (Fsp3) is 0.214. The van der Waals surface area contributed by atoms with E-state index in [1.807, 2.05) is 24.4 Å². The highest BCUT2D eigenvalue weighted by molar-refractivity contribution is 5.47. The standard InChI is InChI=1S/C14H17N3/c1-17(11-13-4-2-3-9-16-13)14-7-5-12(10-15)6-8-14/h2-9H,10-11,15H2,1H3. The van der Waals surface area contributed by atoms with Crippen molar-refractivity contribution in [1.82, 2.24) is 4.98 Å². The van der Waals surface area contributed by atoms with Crippen molar-refractivity contribution >= 4 is 5.69 Å². The molecule has 0 unspecified atom stereocenters. The van der Waals surface area contributed by atoms with E-state index in [0.717, 1.165) is 17.8 Å². The van der Waals surface area contributed by atoms with Gasteiger partial charge in [-0.15, -0.1) is 0 Å². The molecule has 0 aliphatic carbocycles. The van der Waals surface area contributed by atoms with Gasteiger partial charge in [0.25, 0.3) is 0 Å². The molecular formula is C14H17N3. The summed E-state index contributed by atoms with van der Waals surface area (Å²) < 4.78 is 0. The van der Waals surface area contributed by atoms with Crippen LogP contribution >= 0.6 is 0 Å². The van der Waals surface area contributed by atoms with Gasteiger partial charge in [0.15, 0.2) is 0 Å². The molecular weight excluding hydrogens is 210 g/mol. The molecule has 1 heterocycles. The van der Waals surface area contributed by atoms with E-state index >= 15 is 0 Å². The Bertz CT molecular complexity index is 451. The molecule has 0 fully saturated rings. The third-order valence-corrected chi connectivity index (χ3v) is 2.74. The van der Waals surface area contributed by atoms with Crippen LogP contribution < -0.4 is 10.6 Å². The van der Waals surface area contributed by atoms with Gasteiger partial charge in [0.05, 0.1) is 12.2 Å². The Morgan fingerprint density at radius 1 is 1.12 bits per heavy atom. The normalized spacial score (nSPS) is 10.2. The van der Waals surface area contributed by atoms with Crippen molar-refractivity contribution < 1.29 is 0 Å². The quantitative estimate of drug-likeness (QED) is 0.870. The lowest BCUT2D eigenvalue weighted by molar-refractivity contribution is 0.884. The van der Waals surface area contributed by atoms with Crippen LogP contribution in [0.5, 0.6) is 0 Å². The van der Waals surface area contributed by atoms with Crippen molar-refractivity contribution in [1.29, 1.82) is 0 Å². The van der Waals surface area contributed by atoms with Crippen molar-refractivity contribution in [2.24, 2.45) is 5.73 Å². The van der Waals surface area contributed by atoms with E-state index in [4.69, 9.17) is 5.73 Å². The molecule has 1 aromatic carbocycles. The van der Waals surface area contributed by atoms with Gasteiger partial charge in [-0.1, -0.05) is 18.2 Å². The Morgan fingerprint density at radius 3 is 2.47 bits per heavy atom. The summed E-state index contributed by atoms with van der Waals surface area (Å²) in [4.78, 5) is 6.49. The van der Waals surface area contributed by atoms with Crippen molar-refractivity contribution in [2.45, 2.75) is 13.1 Å². The van der Waals surface area contributed by atoms with Gasteiger partial charge in [-0.25, -0.2) is 0 Å². The zero-order valence-electron chi connectivity index (χ0n) is 10.0. The van der Waals surface area contributed by atoms with Crippen molar-refractivity contribution in [3.8, 4) is 0 Å².